The molecule has 0 radical (unpaired) electrons. The second-order valence-corrected chi connectivity index (χ2v) is 6.72. The van der Waals surface area contributed by atoms with Crippen LogP contribution in [0.3, 0.4) is 0 Å². The number of aromatic nitrogens is 2. The van der Waals surface area contributed by atoms with Crippen molar-refractivity contribution in [2.75, 3.05) is 13.1 Å². The van der Waals surface area contributed by atoms with Crippen molar-refractivity contribution < 1.29 is 9.18 Å². The molecular weight excluding hydrogens is 305 g/mol. The van der Waals surface area contributed by atoms with Gasteiger partial charge in [-0.3, -0.25) is 9.48 Å². The zero-order valence-corrected chi connectivity index (χ0v) is 14.3. The van der Waals surface area contributed by atoms with Crippen molar-refractivity contribution in [1.82, 2.24) is 14.7 Å². The molecule has 0 aliphatic carbocycles. The largest absolute Gasteiger partial charge is 0.337 e. The molecule has 1 aliphatic rings. The molecule has 0 saturated carbocycles. The molecule has 2 aromatic rings. The molecule has 1 amide bonds. The average molecular weight is 329 g/mol. The number of nitrogens with zero attached hydrogens (tertiary/aromatic N) is 3. The van der Waals surface area contributed by atoms with E-state index < -0.39 is 0 Å². The summed E-state index contributed by atoms with van der Waals surface area (Å²) in [7, 11) is 1.85. The van der Waals surface area contributed by atoms with E-state index in [4.69, 9.17) is 0 Å². The van der Waals surface area contributed by atoms with Crippen LogP contribution >= 0.6 is 0 Å². The third-order valence-corrected chi connectivity index (χ3v) is 4.87. The first-order chi connectivity index (χ1) is 11.5. The van der Waals surface area contributed by atoms with Crippen LogP contribution in [0.25, 0.3) is 0 Å². The van der Waals surface area contributed by atoms with Crippen molar-refractivity contribution in [2.24, 2.45) is 13.0 Å². The summed E-state index contributed by atoms with van der Waals surface area (Å²) in [6, 6.07) is 8.64. The maximum absolute atomic E-state index is 13.3. The zero-order valence-electron chi connectivity index (χ0n) is 14.3. The minimum absolute atomic E-state index is 0.0224. The highest BCUT2D eigenvalue weighted by Gasteiger charge is 2.25. The maximum atomic E-state index is 13.3. The number of hydrogen-bond acceptors (Lipinski definition) is 2. The van der Waals surface area contributed by atoms with Gasteiger partial charge < -0.3 is 4.90 Å². The summed E-state index contributed by atoms with van der Waals surface area (Å²) in [5.74, 6) is 0.309. The van der Waals surface area contributed by atoms with Crippen LogP contribution < -0.4 is 0 Å². The second-order valence-electron chi connectivity index (χ2n) is 6.72. The smallest absolute Gasteiger partial charge is 0.274 e. The number of piperidine rings is 1. The Kier molecular flexibility index (Phi) is 4.97. The average Bonchev–Trinajstić information content (AvgIpc) is 2.92. The number of amides is 1. The number of likely N-dealkylation sites (tertiary alicyclic amines) is 1. The summed E-state index contributed by atoms with van der Waals surface area (Å²) in [6.45, 7) is 3.51. The van der Waals surface area contributed by atoms with E-state index in [1.165, 1.54) is 6.07 Å². The monoisotopic (exact) mass is 329 g/mol. The first-order valence-electron chi connectivity index (χ1n) is 8.57. The molecular formula is C19H24FN3O. The Morgan fingerprint density at radius 2 is 2.21 bits per heavy atom. The number of halogens is 1. The van der Waals surface area contributed by atoms with E-state index in [2.05, 4.69) is 5.10 Å². The fourth-order valence-electron chi connectivity index (χ4n) is 3.38. The van der Waals surface area contributed by atoms with E-state index in [1.807, 2.05) is 31.0 Å². The highest BCUT2D eigenvalue weighted by molar-refractivity contribution is 5.92. The van der Waals surface area contributed by atoms with Crippen molar-refractivity contribution in [1.29, 1.82) is 0 Å². The Labute approximate surface area is 142 Å². The molecule has 0 bridgehead atoms. The van der Waals surface area contributed by atoms with E-state index in [1.54, 1.807) is 16.8 Å². The third-order valence-electron chi connectivity index (χ3n) is 4.87. The number of aryl methyl sites for hydroxylation is 3. The van der Waals surface area contributed by atoms with Crippen LogP contribution in [-0.2, 0) is 13.5 Å². The van der Waals surface area contributed by atoms with Gasteiger partial charge in [-0.25, -0.2) is 4.39 Å². The minimum Gasteiger partial charge on any atom is -0.337 e. The van der Waals surface area contributed by atoms with Gasteiger partial charge in [0.25, 0.3) is 5.91 Å². The molecule has 4 nitrogen and oxygen atoms in total. The van der Waals surface area contributed by atoms with E-state index >= 15 is 0 Å². The first-order valence-corrected chi connectivity index (χ1v) is 8.57. The molecule has 2 heterocycles. The van der Waals surface area contributed by atoms with E-state index in [0.29, 0.717) is 11.6 Å². The van der Waals surface area contributed by atoms with E-state index in [0.717, 1.165) is 50.0 Å². The van der Waals surface area contributed by atoms with Gasteiger partial charge in [-0.15, -0.1) is 0 Å². The van der Waals surface area contributed by atoms with Crippen LogP contribution in [0.5, 0.6) is 0 Å². The molecule has 1 saturated heterocycles. The lowest BCUT2D eigenvalue weighted by molar-refractivity contribution is 0.0661. The second kappa shape index (κ2) is 7.16. The summed E-state index contributed by atoms with van der Waals surface area (Å²) < 4.78 is 15.0. The molecule has 1 aromatic carbocycles. The Morgan fingerprint density at radius 1 is 1.38 bits per heavy atom. The number of carbonyl (C=O) groups excluding carboxylic acids is 1. The van der Waals surface area contributed by atoms with Gasteiger partial charge in [-0.05, 0) is 62.3 Å². The van der Waals surface area contributed by atoms with Gasteiger partial charge in [0.15, 0.2) is 5.69 Å². The molecule has 5 heteroatoms. The fourth-order valence-corrected chi connectivity index (χ4v) is 3.38. The lowest BCUT2D eigenvalue weighted by Crippen LogP contribution is -2.40. The fraction of sp³-hybridized carbons (Fsp3) is 0.474. The van der Waals surface area contributed by atoms with Gasteiger partial charge >= 0.3 is 0 Å². The molecule has 1 aromatic heterocycles. The first kappa shape index (κ1) is 16.7. The molecule has 1 aliphatic heterocycles. The van der Waals surface area contributed by atoms with E-state index in [-0.39, 0.29) is 11.7 Å². The molecule has 128 valence electrons. The van der Waals surface area contributed by atoms with Gasteiger partial charge in [0.2, 0.25) is 0 Å². The van der Waals surface area contributed by atoms with E-state index in [9.17, 15) is 9.18 Å². The highest BCUT2D eigenvalue weighted by atomic mass is 19.1. The molecule has 0 unspecified atom stereocenters. The standard InChI is InChI=1S/C19H24FN3O/c1-14-11-18(21-22(14)2)19(24)23-10-4-6-16(13-23)9-8-15-5-3-7-17(20)12-15/h3,5,7,11-12,16H,4,6,8-10,13H2,1-2H3/t16-/m1/s1. The molecule has 0 spiro atoms. The van der Waals surface area contributed by atoms with Crippen LogP contribution in [0, 0.1) is 18.7 Å². The molecule has 1 atom stereocenters. The Hall–Kier alpha value is -2.17. The van der Waals surface area contributed by atoms with Gasteiger partial charge in [0.1, 0.15) is 5.82 Å². The Bertz CT molecular complexity index is 706. The quantitative estimate of drug-likeness (QED) is 0.863. The van der Waals surface area contributed by atoms with Crippen LogP contribution in [-0.4, -0.2) is 33.7 Å². The number of benzene rings is 1. The topological polar surface area (TPSA) is 38.1 Å². The normalized spacial score (nSPS) is 18.0. The molecule has 3 rings (SSSR count). The summed E-state index contributed by atoms with van der Waals surface area (Å²) in [4.78, 5) is 14.5. The Morgan fingerprint density at radius 3 is 2.92 bits per heavy atom. The summed E-state index contributed by atoms with van der Waals surface area (Å²) in [5, 5.41) is 4.30. The lowest BCUT2D eigenvalue weighted by Gasteiger charge is -2.32. The highest BCUT2D eigenvalue weighted by Crippen LogP contribution is 2.23. The number of hydrogen-bond donors (Lipinski definition) is 0. The number of carbonyl (C=O) groups is 1. The number of rotatable bonds is 4. The van der Waals surface area contributed by atoms with Gasteiger partial charge in [0.05, 0.1) is 0 Å². The van der Waals surface area contributed by atoms with Crippen molar-refractivity contribution in [2.45, 2.75) is 32.6 Å². The molecule has 0 N–H and O–H groups in total. The SMILES string of the molecule is Cc1cc(C(=O)N2CCC[C@H](CCc3cccc(F)c3)C2)nn1C. The van der Waals surface area contributed by atoms with Gasteiger partial charge in [0, 0.05) is 25.8 Å². The summed E-state index contributed by atoms with van der Waals surface area (Å²) in [6.07, 6.45) is 3.98. The van der Waals surface area contributed by atoms with Crippen LogP contribution in [0.1, 0.15) is 41.0 Å². The van der Waals surface area contributed by atoms with Crippen molar-refractivity contribution in [3.63, 3.8) is 0 Å². The lowest BCUT2D eigenvalue weighted by atomic mass is 9.91. The van der Waals surface area contributed by atoms with Gasteiger partial charge in [-0.2, -0.15) is 5.10 Å². The van der Waals surface area contributed by atoms with Crippen LogP contribution in [0.15, 0.2) is 30.3 Å². The van der Waals surface area contributed by atoms with Crippen molar-refractivity contribution >= 4 is 5.91 Å². The third kappa shape index (κ3) is 3.83. The van der Waals surface area contributed by atoms with Crippen LogP contribution in [0.2, 0.25) is 0 Å². The predicted molar refractivity (Wildman–Crippen MR) is 91.3 cm³/mol. The summed E-state index contributed by atoms with van der Waals surface area (Å²) >= 11 is 0. The molecule has 24 heavy (non-hydrogen) atoms. The maximum Gasteiger partial charge on any atom is 0.274 e. The summed E-state index contributed by atoms with van der Waals surface area (Å²) in [5.41, 5.74) is 2.54. The zero-order chi connectivity index (χ0) is 17.1. The minimum atomic E-state index is -0.182. The molecule has 1 fully saturated rings. The van der Waals surface area contributed by atoms with Crippen molar-refractivity contribution in [3.05, 3.63) is 53.1 Å². The predicted octanol–water partition coefficient (Wildman–Crippen LogP) is 3.35. The van der Waals surface area contributed by atoms with Crippen molar-refractivity contribution in [3.8, 4) is 0 Å². The van der Waals surface area contributed by atoms with Crippen LogP contribution in [0.4, 0.5) is 4.39 Å². The van der Waals surface area contributed by atoms with Gasteiger partial charge in [-0.1, -0.05) is 12.1 Å². The Balaban J connectivity index is 1.58.